The molecule has 17 heavy (non-hydrogen) atoms. The van der Waals surface area contributed by atoms with Crippen LogP contribution in [0.15, 0.2) is 24.4 Å². The van der Waals surface area contributed by atoms with E-state index in [0.29, 0.717) is 0 Å². The molecule has 0 aliphatic carbocycles. The van der Waals surface area contributed by atoms with E-state index >= 15 is 0 Å². The highest BCUT2D eigenvalue weighted by Crippen LogP contribution is 2.25. The number of aromatic nitrogens is 2. The molecule has 1 heterocycles. The van der Waals surface area contributed by atoms with Crippen LogP contribution in [0.1, 0.15) is 34.0 Å². The van der Waals surface area contributed by atoms with Gasteiger partial charge in [-0.1, -0.05) is 23.8 Å². The molecular formula is C14H19N3. The summed E-state index contributed by atoms with van der Waals surface area (Å²) in [5.41, 5.74) is 12.2. The highest BCUT2D eigenvalue weighted by atomic mass is 15.3. The standard InChI is InChI=1S/C14H19N3/c1-9-5-6-10(2)12(7-9)14(15)13-8-16-17(4)11(13)3/h5-8,14H,15H2,1-4H3. The summed E-state index contributed by atoms with van der Waals surface area (Å²) in [6.45, 7) is 6.24. The van der Waals surface area contributed by atoms with Crippen LogP contribution in [-0.2, 0) is 7.05 Å². The van der Waals surface area contributed by atoms with Crippen molar-refractivity contribution in [1.29, 1.82) is 0 Å². The number of aryl methyl sites for hydroxylation is 3. The maximum atomic E-state index is 6.35. The third kappa shape index (κ3) is 2.11. The Bertz CT molecular complexity index is 540. The Morgan fingerprint density at radius 2 is 1.88 bits per heavy atom. The minimum atomic E-state index is -0.0939. The van der Waals surface area contributed by atoms with Crippen molar-refractivity contribution in [3.05, 3.63) is 52.3 Å². The molecule has 1 unspecified atom stereocenters. The summed E-state index contributed by atoms with van der Waals surface area (Å²) >= 11 is 0. The molecule has 90 valence electrons. The molecule has 2 N–H and O–H groups in total. The normalized spacial score (nSPS) is 12.8. The van der Waals surface area contributed by atoms with Crippen LogP contribution < -0.4 is 5.73 Å². The molecule has 1 aromatic heterocycles. The predicted octanol–water partition coefficient (Wildman–Crippen LogP) is 2.39. The molecule has 0 radical (unpaired) electrons. The first-order valence-corrected chi connectivity index (χ1v) is 5.82. The first-order valence-electron chi connectivity index (χ1n) is 5.82. The molecule has 0 aliphatic heterocycles. The van der Waals surface area contributed by atoms with E-state index in [2.05, 4.69) is 37.1 Å². The van der Waals surface area contributed by atoms with Crippen molar-refractivity contribution in [2.24, 2.45) is 12.8 Å². The summed E-state index contributed by atoms with van der Waals surface area (Å²) in [4.78, 5) is 0. The lowest BCUT2D eigenvalue weighted by molar-refractivity contribution is 0.733. The second kappa shape index (κ2) is 4.34. The van der Waals surface area contributed by atoms with Crippen LogP contribution in [0.25, 0.3) is 0 Å². The number of nitrogens with two attached hydrogens (primary N) is 1. The zero-order valence-corrected chi connectivity index (χ0v) is 10.9. The van der Waals surface area contributed by atoms with Gasteiger partial charge in [0.05, 0.1) is 12.2 Å². The molecule has 0 saturated heterocycles. The molecule has 0 fully saturated rings. The van der Waals surface area contributed by atoms with Crippen molar-refractivity contribution in [3.8, 4) is 0 Å². The van der Waals surface area contributed by atoms with E-state index in [1.807, 2.05) is 24.9 Å². The number of hydrogen-bond acceptors (Lipinski definition) is 2. The quantitative estimate of drug-likeness (QED) is 0.859. The summed E-state index contributed by atoms with van der Waals surface area (Å²) in [6, 6.07) is 6.30. The van der Waals surface area contributed by atoms with Gasteiger partial charge in [-0.25, -0.2) is 0 Å². The van der Waals surface area contributed by atoms with E-state index in [9.17, 15) is 0 Å². The predicted molar refractivity (Wildman–Crippen MR) is 69.9 cm³/mol. The maximum Gasteiger partial charge on any atom is 0.0588 e. The molecule has 1 atom stereocenters. The molecule has 0 aliphatic rings. The van der Waals surface area contributed by atoms with Gasteiger partial charge in [0.15, 0.2) is 0 Å². The summed E-state index contributed by atoms with van der Waals surface area (Å²) in [5.74, 6) is 0. The fraction of sp³-hybridized carbons (Fsp3) is 0.357. The van der Waals surface area contributed by atoms with E-state index < -0.39 is 0 Å². The summed E-state index contributed by atoms with van der Waals surface area (Å²) in [7, 11) is 1.94. The molecule has 2 rings (SSSR count). The minimum Gasteiger partial charge on any atom is -0.320 e. The van der Waals surface area contributed by atoms with E-state index in [4.69, 9.17) is 5.73 Å². The van der Waals surface area contributed by atoms with Crippen molar-refractivity contribution < 1.29 is 0 Å². The van der Waals surface area contributed by atoms with Crippen molar-refractivity contribution >= 4 is 0 Å². The van der Waals surface area contributed by atoms with E-state index in [0.717, 1.165) is 11.3 Å². The smallest absolute Gasteiger partial charge is 0.0588 e. The van der Waals surface area contributed by atoms with E-state index in [1.54, 1.807) is 0 Å². The van der Waals surface area contributed by atoms with Crippen LogP contribution in [-0.4, -0.2) is 9.78 Å². The van der Waals surface area contributed by atoms with Crippen molar-refractivity contribution in [1.82, 2.24) is 9.78 Å². The Labute approximate surface area is 102 Å². The van der Waals surface area contributed by atoms with Crippen LogP contribution in [0.5, 0.6) is 0 Å². The third-order valence-corrected chi connectivity index (χ3v) is 3.38. The Balaban J connectivity index is 2.47. The molecule has 0 amide bonds. The van der Waals surface area contributed by atoms with Crippen LogP contribution in [0.3, 0.4) is 0 Å². The largest absolute Gasteiger partial charge is 0.320 e. The summed E-state index contributed by atoms with van der Waals surface area (Å²) in [5, 5.41) is 4.25. The molecule has 0 saturated carbocycles. The van der Waals surface area contributed by atoms with Gasteiger partial charge in [-0.05, 0) is 31.9 Å². The average molecular weight is 229 g/mol. The summed E-state index contributed by atoms with van der Waals surface area (Å²) in [6.07, 6.45) is 1.86. The van der Waals surface area contributed by atoms with Gasteiger partial charge in [0.2, 0.25) is 0 Å². The molecule has 1 aromatic carbocycles. The van der Waals surface area contributed by atoms with Crippen LogP contribution >= 0.6 is 0 Å². The maximum absolute atomic E-state index is 6.35. The monoisotopic (exact) mass is 229 g/mol. The van der Waals surface area contributed by atoms with Gasteiger partial charge in [-0.2, -0.15) is 5.10 Å². The van der Waals surface area contributed by atoms with Crippen LogP contribution in [0, 0.1) is 20.8 Å². The molecular weight excluding hydrogens is 210 g/mol. The van der Waals surface area contributed by atoms with Gasteiger partial charge in [-0.3, -0.25) is 4.68 Å². The zero-order valence-electron chi connectivity index (χ0n) is 10.9. The number of nitrogens with zero attached hydrogens (tertiary/aromatic N) is 2. The highest BCUT2D eigenvalue weighted by Gasteiger charge is 2.16. The lowest BCUT2D eigenvalue weighted by Gasteiger charge is -2.15. The second-order valence-corrected chi connectivity index (χ2v) is 4.65. The molecule has 0 spiro atoms. The number of rotatable bonds is 2. The van der Waals surface area contributed by atoms with Crippen LogP contribution in [0.2, 0.25) is 0 Å². The van der Waals surface area contributed by atoms with Gasteiger partial charge in [-0.15, -0.1) is 0 Å². The lowest BCUT2D eigenvalue weighted by atomic mass is 9.95. The molecule has 2 aromatic rings. The zero-order chi connectivity index (χ0) is 12.6. The van der Waals surface area contributed by atoms with Gasteiger partial charge < -0.3 is 5.73 Å². The Hall–Kier alpha value is -1.61. The van der Waals surface area contributed by atoms with Crippen LogP contribution in [0.4, 0.5) is 0 Å². The van der Waals surface area contributed by atoms with Gasteiger partial charge in [0.1, 0.15) is 0 Å². The van der Waals surface area contributed by atoms with E-state index in [1.165, 1.54) is 16.7 Å². The Morgan fingerprint density at radius 3 is 2.47 bits per heavy atom. The fourth-order valence-electron chi connectivity index (χ4n) is 2.08. The van der Waals surface area contributed by atoms with Crippen molar-refractivity contribution in [2.75, 3.05) is 0 Å². The molecule has 3 nitrogen and oxygen atoms in total. The fourth-order valence-corrected chi connectivity index (χ4v) is 2.08. The van der Waals surface area contributed by atoms with Crippen molar-refractivity contribution in [3.63, 3.8) is 0 Å². The first kappa shape index (κ1) is 11.9. The molecule has 0 bridgehead atoms. The number of hydrogen-bond donors (Lipinski definition) is 1. The Kier molecular flexibility index (Phi) is 3.03. The third-order valence-electron chi connectivity index (χ3n) is 3.38. The lowest BCUT2D eigenvalue weighted by Crippen LogP contribution is -2.14. The summed E-state index contributed by atoms with van der Waals surface area (Å²) < 4.78 is 1.86. The molecule has 3 heteroatoms. The van der Waals surface area contributed by atoms with Gasteiger partial charge in [0.25, 0.3) is 0 Å². The first-order chi connectivity index (χ1) is 8.00. The van der Waals surface area contributed by atoms with Gasteiger partial charge >= 0.3 is 0 Å². The van der Waals surface area contributed by atoms with E-state index in [-0.39, 0.29) is 6.04 Å². The minimum absolute atomic E-state index is 0.0939. The SMILES string of the molecule is Cc1ccc(C)c(C(N)c2cnn(C)c2C)c1. The Morgan fingerprint density at radius 1 is 1.18 bits per heavy atom. The highest BCUT2D eigenvalue weighted by molar-refractivity contribution is 5.39. The second-order valence-electron chi connectivity index (χ2n) is 4.65. The van der Waals surface area contributed by atoms with Crippen molar-refractivity contribution in [2.45, 2.75) is 26.8 Å². The average Bonchev–Trinajstić information content (AvgIpc) is 2.62. The number of benzene rings is 1. The van der Waals surface area contributed by atoms with Gasteiger partial charge in [0, 0.05) is 18.3 Å². The topological polar surface area (TPSA) is 43.8 Å².